The van der Waals surface area contributed by atoms with E-state index in [0.29, 0.717) is 6.54 Å². The molecular formula is C20H25N3O2. The smallest absolute Gasteiger partial charge is 0.321 e. The summed E-state index contributed by atoms with van der Waals surface area (Å²) in [6, 6.07) is 18.9. The third-order valence-corrected chi connectivity index (χ3v) is 3.79. The minimum Gasteiger partial charge on any atom is -0.362 e. The molecular weight excluding hydrogens is 314 g/mol. The molecule has 0 bridgehead atoms. The lowest BCUT2D eigenvalue weighted by Gasteiger charge is -2.24. The summed E-state index contributed by atoms with van der Waals surface area (Å²) in [6.07, 6.45) is 2.03. The van der Waals surface area contributed by atoms with Gasteiger partial charge >= 0.3 is 6.03 Å². The van der Waals surface area contributed by atoms with Crippen LogP contribution >= 0.6 is 0 Å². The van der Waals surface area contributed by atoms with Crippen LogP contribution in [0.2, 0.25) is 0 Å². The minimum absolute atomic E-state index is 0.156. The lowest BCUT2D eigenvalue weighted by atomic mass is 10.2. The van der Waals surface area contributed by atoms with Gasteiger partial charge in [-0.1, -0.05) is 61.9 Å². The molecule has 0 spiro atoms. The maximum absolute atomic E-state index is 12.2. The van der Waals surface area contributed by atoms with Crippen molar-refractivity contribution in [2.24, 2.45) is 0 Å². The number of anilines is 1. The number of hydrogen-bond donors (Lipinski definition) is 2. The molecule has 0 radical (unpaired) electrons. The Balaban J connectivity index is 1.84. The van der Waals surface area contributed by atoms with Crippen LogP contribution in [0, 0.1) is 0 Å². The monoisotopic (exact) mass is 339 g/mol. The van der Waals surface area contributed by atoms with E-state index in [2.05, 4.69) is 17.6 Å². The molecule has 132 valence electrons. The van der Waals surface area contributed by atoms with Gasteiger partial charge in [0.05, 0.1) is 6.54 Å². The van der Waals surface area contributed by atoms with Gasteiger partial charge in [0, 0.05) is 18.8 Å². The lowest BCUT2D eigenvalue weighted by Crippen LogP contribution is -2.44. The third kappa shape index (κ3) is 6.67. The van der Waals surface area contributed by atoms with Crippen LogP contribution in [0.4, 0.5) is 10.5 Å². The van der Waals surface area contributed by atoms with Crippen molar-refractivity contribution in [3.05, 3.63) is 66.2 Å². The number of benzene rings is 2. The zero-order valence-corrected chi connectivity index (χ0v) is 14.6. The van der Waals surface area contributed by atoms with E-state index in [4.69, 9.17) is 0 Å². The highest BCUT2D eigenvalue weighted by molar-refractivity contribution is 5.96. The van der Waals surface area contributed by atoms with E-state index in [-0.39, 0.29) is 12.5 Å². The summed E-state index contributed by atoms with van der Waals surface area (Å²) in [4.78, 5) is 26.1. The molecule has 0 aliphatic heterocycles. The summed E-state index contributed by atoms with van der Waals surface area (Å²) < 4.78 is 0. The number of amides is 3. The number of hydrogen-bond acceptors (Lipinski definition) is 3. The molecule has 0 fully saturated rings. The Hall–Kier alpha value is -2.82. The van der Waals surface area contributed by atoms with E-state index < -0.39 is 6.03 Å². The van der Waals surface area contributed by atoms with Gasteiger partial charge in [-0.15, -0.1) is 0 Å². The van der Waals surface area contributed by atoms with E-state index in [0.717, 1.165) is 30.6 Å². The van der Waals surface area contributed by atoms with Gasteiger partial charge in [0.25, 0.3) is 0 Å². The van der Waals surface area contributed by atoms with E-state index in [1.807, 2.05) is 65.6 Å². The SMILES string of the molecule is CCCCN(CC(=O)NC(=O)NCc1ccccc1)c1ccccc1. The highest BCUT2D eigenvalue weighted by Gasteiger charge is 2.13. The Morgan fingerprint density at radius 2 is 1.60 bits per heavy atom. The second-order valence-corrected chi connectivity index (χ2v) is 5.83. The molecule has 0 aliphatic carbocycles. The molecule has 2 N–H and O–H groups in total. The van der Waals surface area contributed by atoms with Crippen molar-refractivity contribution in [2.45, 2.75) is 26.3 Å². The van der Waals surface area contributed by atoms with Gasteiger partial charge in [-0.3, -0.25) is 10.1 Å². The van der Waals surface area contributed by atoms with Crippen LogP contribution in [0.3, 0.4) is 0 Å². The highest BCUT2D eigenvalue weighted by atomic mass is 16.2. The minimum atomic E-state index is -0.475. The van der Waals surface area contributed by atoms with Gasteiger partial charge in [0.2, 0.25) is 5.91 Å². The molecule has 0 atom stereocenters. The first kappa shape index (κ1) is 18.5. The van der Waals surface area contributed by atoms with Gasteiger partial charge in [-0.05, 0) is 24.1 Å². The zero-order chi connectivity index (χ0) is 17.9. The fourth-order valence-corrected chi connectivity index (χ4v) is 2.45. The molecule has 0 aromatic heterocycles. The molecule has 0 aliphatic rings. The molecule has 0 unspecified atom stereocenters. The molecule has 2 aromatic carbocycles. The fraction of sp³-hybridized carbons (Fsp3) is 0.300. The Kier molecular flexibility index (Phi) is 7.50. The largest absolute Gasteiger partial charge is 0.362 e. The number of unbranched alkanes of at least 4 members (excludes halogenated alkanes) is 1. The van der Waals surface area contributed by atoms with Crippen molar-refractivity contribution in [1.82, 2.24) is 10.6 Å². The normalized spacial score (nSPS) is 10.1. The van der Waals surface area contributed by atoms with Crippen LogP contribution in [0.25, 0.3) is 0 Å². The summed E-state index contributed by atoms with van der Waals surface area (Å²) in [5.74, 6) is -0.314. The van der Waals surface area contributed by atoms with Gasteiger partial charge in [-0.25, -0.2) is 4.79 Å². The molecule has 0 saturated carbocycles. The van der Waals surface area contributed by atoms with Crippen molar-refractivity contribution in [1.29, 1.82) is 0 Å². The molecule has 25 heavy (non-hydrogen) atoms. The first-order valence-corrected chi connectivity index (χ1v) is 8.60. The molecule has 5 nitrogen and oxygen atoms in total. The van der Waals surface area contributed by atoms with Gasteiger partial charge in [-0.2, -0.15) is 0 Å². The van der Waals surface area contributed by atoms with Crippen molar-refractivity contribution in [2.75, 3.05) is 18.0 Å². The average molecular weight is 339 g/mol. The quantitative estimate of drug-likeness (QED) is 0.775. The van der Waals surface area contributed by atoms with Gasteiger partial charge in [0.1, 0.15) is 0 Å². The lowest BCUT2D eigenvalue weighted by molar-refractivity contribution is -0.118. The first-order valence-electron chi connectivity index (χ1n) is 8.60. The number of carbonyl (C=O) groups is 2. The van der Waals surface area contributed by atoms with Crippen molar-refractivity contribution in [3.8, 4) is 0 Å². The number of nitrogens with one attached hydrogen (secondary N) is 2. The van der Waals surface area contributed by atoms with E-state index in [9.17, 15) is 9.59 Å². The van der Waals surface area contributed by atoms with Crippen molar-refractivity contribution >= 4 is 17.6 Å². The number of carbonyl (C=O) groups excluding carboxylic acids is 2. The zero-order valence-electron chi connectivity index (χ0n) is 14.6. The summed E-state index contributed by atoms with van der Waals surface area (Å²) >= 11 is 0. The summed E-state index contributed by atoms with van der Waals surface area (Å²) in [5.41, 5.74) is 1.97. The predicted octanol–water partition coefficient (Wildman–Crippen LogP) is 3.32. The van der Waals surface area contributed by atoms with Crippen LogP contribution in [0.1, 0.15) is 25.3 Å². The average Bonchev–Trinajstić information content (AvgIpc) is 2.65. The summed E-state index contributed by atoms with van der Waals surface area (Å²) in [7, 11) is 0. The van der Waals surface area contributed by atoms with Gasteiger partial charge in [0.15, 0.2) is 0 Å². The number of rotatable bonds is 8. The number of imide groups is 1. The molecule has 0 heterocycles. The van der Waals surface area contributed by atoms with Crippen LogP contribution in [-0.4, -0.2) is 25.0 Å². The molecule has 5 heteroatoms. The summed E-state index contributed by atoms with van der Waals surface area (Å²) in [6.45, 7) is 3.43. The second kappa shape index (κ2) is 10.1. The topological polar surface area (TPSA) is 61.4 Å². The van der Waals surface area contributed by atoms with Gasteiger partial charge < -0.3 is 10.2 Å². The standard InChI is InChI=1S/C20H25N3O2/c1-2-3-14-23(18-12-8-5-9-13-18)16-19(24)22-20(25)21-15-17-10-6-4-7-11-17/h4-13H,2-3,14-16H2,1H3,(H2,21,22,24,25). The maximum atomic E-state index is 12.2. The van der Waals surface area contributed by atoms with Crippen LogP contribution in [0.5, 0.6) is 0 Å². The molecule has 3 amide bonds. The van der Waals surface area contributed by atoms with Crippen LogP contribution < -0.4 is 15.5 Å². The van der Waals surface area contributed by atoms with Crippen LogP contribution in [0.15, 0.2) is 60.7 Å². The van der Waals surface area contributed by atoms with Crippen molar-refractivity contribution < 1.29 is 9.59 Å². The predicted molar refractivity (Wildman–Crippen MR) is 100 cm³/mol. The highest BCUT2D eigenvalue weighted by Crippen LogP contribution is 2.13. The molecule has 2 aromatic rings. The number of urea groups is 1. The fourth-order valence-electron chi connectivity index (χ4n) is 2.45. The Bertz CT molecular complexity index is 659. The second-order valence-electron chi connectivity index (χ2n) is 5.83. The Morgan fingerprint density at radius 3 is 2.24 bits per heavy atom. The molecule has 2 rings (SSSR count). The maximum Gasteiger partial charge on any atom is 0.321 e. The third-order valence-electron chi connectivity index (χ3n) is 3.79. The van der Waals surface area contributed by atoms with E-state index >= 15 is 0 Å². The Labute approximate surface area is 149 Å². The Morgan fingerprint density at radius 1 is 0.960 bits per heavy atom. The molecule has 0 saturated heterocycles. The van der Waals surface area contributed by atoms with Crippen molar-refractivity contribution in [3.63, 3.8) is 0 Å². The first-order chi connectivity index (χ1) is 12.2. The number of nitrogens with zero attached hydrogens (tertiary/aromatic N) is 1. The number of para-hydroxylation sites is 1. The summed E-state index contributed by atoms with van der Waals surface area (Å²) in [5, 5.41) is 5.09. The van der Waals surface area contributed by atoms with E-state index in [1.165, 1.54) is 0 Å². The van der Waals surface area contributed by atoms with E-state index in [1.54, 1.807) is 0 Å². The van der Waals surface area contributed by atoms with Crippen LogP contribution in [-0.2, 0) is 11.3 Å².